The van der Waals surface area contributed by atoms with Crippen LogP contribution in [0.4, 0.5) is 10.5 Å². The first-order chi connectivity index (χ1) is 16.3. The van der Waals surface area contributed by atoms with E-state index in [1.54, 1.807) is 13.1 Å². The molecule has 1 atom stereocenters. The molecule has 2 N–H and O–H groups in total. The fourth-order valence-corrected chi connectivity index (χ4v) is 6.01. The maximum Gasteiger partial charge on any atom is 0.329 e. The van der Waals surface area contributed by atoms with E-state index in [-0.39, 0.29) is 12.3 Å². The largest absolute Gasteiger partial charge is 0.493 e. The van der Waals surface area contributed by atoms with Gasteiger partial charge in [-0.2, -0.15) is 0 Å². The molecule has 0 saturated heterocycles. The van der Waals surface area contributed by atoms with Crippen LogP contribution in [0.1, 0.15) is 43.2 Å². The van der Waals surface area contributed by atoms with Crippen molar-refractivity contribution in [1.82, 2.24) is 10.0 Å². The van der Waals surface area contributed by atoms with Crippen LogP contribution < -0.4 is 19.7 Å². The van der Waals surface area contributed by atoms with Crippen LogP contribution in [-0.2, 0) is 27.7 Å². The minimum atomic E-state index is -3.81. The SMILES string of the molecule is CN(C(=O)[C@H](Cc1ccccc1)NC(=O)NS(=O)(=O)C1CCCCC1)c1ccc2c(c1)CCO2. The summed E-state index contributed by atoms with van der Waals surface area (Å²) in [5, 5.41) is 2.04. The number of likely N-dealkylation sites (N-methyl/N-ethyl adjacent to an activating group) is 1. The van der Waals surface area contributed by atoms with Gasteiger partial charge in [0, 0.05) is 25.6 Å². The summed E-state index contributed by atoms with van der Waals surface area (Å²) in [5.41, 5.74) is 2.57. The second kappa shape index (κ2) is 10.5. The highest BCUT2D eigenvalue weighted by atomic mass is 32.2. The van der Waals surface area contributed by atoms with Crippen molar-refractivity contribution in [1.29, 1.82) is 0 Å². The van der Waals surface area contributed by atoms with Crippen molar-refractivity contribution in [3.8, 4) is 5.75 Å². The van der Waals surface area contributed by atoms with Gasteiger partial charge in [0.05, 0.1) is 11.9 Å². The fraction of sp³-hybridized carbons (Fsp3) is 0.440. The van der Waals surface area contributed by atoms with Gasteiger partial charge in [-0.15, -0.1) is 0 Å². The van der Waals surface area contributed by atoms with Gasteiger partial charge in [-0.3, -0.25) is 4.79 Å². The molecule has 2 aromatic rings. The quantitative estimate of drug-likeness (QED) is 0.627. The fourth-order valence-electron chi connectivity index (χ4n) is 4.57. The lowest BCUT2D eigenvalue weighted by Gasteiger charge is -2.26. The zero-order valence-corrected chi connectivity index (χ0v) is 20.1. The highest BCUT2D eigenvalue weighted by Crippen LogP contribution is 2.29. The van der Waals surface area contributed by atoms with Gasteiger partial charge in [-0.25, -0.2) is 17.9 Å². The molecule has 34 heavy (non-hydrogen) atoms. The number of nitrogens with zero attached hydrogens (tertiary/aromatic N) is 1. The van der Waals surface area contributed by atoms with Crippen molar-refractivity contribution < 1.29 is 22.7 Å². The number of anilines is 1. The Morgan fingerprint density at radius 3 is 2.56 bits per heavy atom. The van der Waals surface area contributed by atoms with Crippen molar-refractivity contribution in [2.24, 2.45) is 0 Å². The normalized spacial score (nSPS) is 16.7. The molecule has 1 saturated carbocycles. The van der Waals surface area contributed by atoms with Crippen LogP contribution in [0.5, 0.6) is 5.75 Å². The standard InChI is InChI=1S/C25H31N3O5S/c1-28(20-12-13-23-19(17-20)14-15-33-23)24(29)22(16-18-8-4-2-5-9-18)26-25(30)27-34(31,32)21-10-6-3-7-11-21/h2,4-5,8-9,12-13,17,21-22H,3,6-7,10-11,14-16H2,1H3,(H2,26,27,30)/t22-/m0/s1. The molecule has 9 heteroatoms. The van der Waals surface area contributed by atoms with Crippen LogP contribution in [-0.4, -0.2) is 45.3 Å². The molecule has 1 aliphatic heterocycles. The van der Waals surface area contributed by atoms with Crippen molar-refractivity contribution in [3.05, 3.63) is 59.7 Å². The Hall–Kier alpha value is -3.07. The number of benzene rings is 2. The summed E-state index contributed by atoms with van der Waals surface area (Å²) in [7, 11) is -2.16. The average Bonchev–Trinajstić information content (AvgIpc) is 3.31. The second-order valence-corrected chi connectivity index (χ2v) is 10.9. The van der Waals surface area contributed by atoms with Crippen molar-refractivity contribution in [2.45, 2.75) is 56.2 Å². The highest BCUT2D eigenvalue weighted by Gasteiger charge is 2.31. The van der Waals surface area contributed by atoms with E-state index in [2.05, 4.69) is 10.0 Å². The Morgan fingerprint density at radius 1 is 1.09 bits per heavy atom. The summed E-state index contributed by atoms with van der Waals surface area (Å²) in [6.45, 7) is 0.615. The maximum absolute atomic E-state index is 13.5. The van der Waals surface area contributed by atoms with Gasteiger partial charge in [0.2, 0.25) is 15.9 Å². The number of urea groups is 1. The summed E-state index contributed by atoms with van der Waals surface area (Å²) in [4.78, 5) is 27.7. The van der Waals surface area contributed by atoms with Crippen LogP contribution in [0.2, 0.25) is 0 Å². The Labute approximate surface area is 200 Å². The summed E-state index contributed by atoms with van der Waals surface area (Å²) in [5.74, 6) is 0.476. The highest BCUT2D eigenvalue weighted by molar-refractivity contribution is 7.90. The summed E-state index contributed by atoms with van der Waals surface area (Å²) >= 11 is 0. The molecule has 1 aliphatic carbocycles. The zero-order valence-electron chi connectivity index (χ0n) is 19.3. The van der Waals surface area contributed by atoms with Gasteiger partial charge < -0.3 is 15.0 Å². The average molecular weight is 486 g/mol. The third kappa shape index (κ3) is 5.70. The minimum Gasteiger partial charge on any atom is -0.493 e. The van der Waals surface area contributed by atoms with E-state index < -0.39 is 27.3 Å². The van der Waals surface area contributed by atoms with E-state index in [4.69, 9.17) is 4.74 Å². The van der Waals surface area contributed by atoms with Crippen LogP contribution in [0.25, 0.3) is 0 Å². The molecule has 1 heterocycles. The second-order valence-electron chi connectivity index (χ2n) is 8.91. The molecule has 2 aromatic carbocycles. The van der Waals surface area contributed by atoms with E-state index in [1.165, 1.54) is 4.90 Å². The van der Waals surface area contributed by atoms with Crippen molar-refractivity contribution in [2.75, 3.05) is 18.6 Å². The van der Waals surface area contributed by atoms with Crippen LogP contribution in [0.3, 0.4) is 0 Å². The number of ether oxygens (including phenoxy) is 1. The summed E-state index contributed by atoms with van der Waals surface area (Å²) in [6, 6.07) is 13.0. The topological polar surface area (TPSA) is 105 Å². The zero-order chi connectivity index (χ0) is 24.1. The number of amides is 3. The first-order valence-electron chi connectivity index (χ1n) is 11.7. The molecular weight excluding hydrogens is 454 g/mol. The van der Waals surface area contributed by atoms with Gasteiger partial charge >= 0.3 is 6.03 Å². The number of carbonyl (C=O) groups excluding carboxylic acids is 2. The molecule has 182 valence electrons. The Bertz CT molecular complexity index is 1130. The van der Waals surface area contributed by atoms with Gasteiger partial charge in [0.15, 0.2) is 0 Å². The molecular formula is C25H31N3O5S. The van der Waals surface area contributed by atoms with Crippen LogP contribution in [0, 0.1) is 0 Å². The Kier molecular flexibility index (Phi) is 7.41. The maximum atomic E-state index is 13.5. The van der Waals surface area contributed by atoms with Gasteiger partial charge in [-0.05, 0) is 42.2 Å². The van der Waals surface area contributed by atoms with E-state index in [1.807, 2.05) is 42.5 Å². The van der Waals surface area contributed by atoms with E-state index in [9.17, 15) is 18.0 Å². The molecule has 0 aromatic heterocycles. The molecule has 0 spiro atoms. The smallest absolute Gasteiger partial charge is 0.329 e. The number of sulfonamides is 1. The predicted molar refractivity (Wildman–Crippen MR) is 130 cm³/mol. The molecule has 0 unspecified atom stereocenters. The summed E-state index contributed by atoms with van der Waals surface area (Å²) < 4.78 is 33.1. The van der Waals surface area contributed by atoms with Crippen LogP contribution >= 0.6 is 0 Å². The monoisotopic (exact) mass is 485 g/mol. The number of hydrogen-bond acceptors (Lipinski definition) is 5. The Balaban J connectivity index is 1.50. The molecule has 4 rings (SSSR count). The van der Waals surface area contributed by atoms with Gasteiger partial charge in [-0.1, -0.05) is 49.6 Å². The number of hydrogen-bond donors (Lipinski definition) is 2. The van der Waals surface area contributed by atoms with Crippen LogP contribution in [0.15, 0.2) is 48.5 Å². The number of nitrogens with one attached hydrogen (secondary N) is 2. The third-order valence-corrected chi connectivity index (χ3v) is 8.32. The summed E-state index contributed by atoms with van der Waals surface area (Å²) in [6.07, 6.45) is 4.76. The van der Waals surface area contributed by atoms with Crippen molar-refractivity contribution in [3.63, 3.8) is 0 Å². The first-order valence-corrected chi connectivity index (χ1v) is 13.3. The molecule has 1 fully saturated rings. The molecule has 0 radical (unpaired) electrons. The van der Waals surface area contributed by atoms with Gasteiger partial charge in [0.25, 0.3) is 0 Å². The third-order valence-electron chi connectivity index (χ3n) is 6.50. The first kappa shape index (κ1) is 24.1. The van der Waals surface area contributed by atoms with Gasteiger partial charge in [0.1, 0.15) is 11.8 Å². The number of fused-ring (bicyclic) bond motifs is 1. The van der Waals surface area contributed by atoms with Crippen molar-refractivity contribution >= 4 is 27.6 Å². The number of carbonyl (C=O) groups is 2. The van der Waals surface area contributed by atoms with E-state index in [0.717, 1.165) is 42.6 Å². The van der Waals surface area contributed by atoms with E-state index >= 15 is 0 Å². The predicted octanol–water partition coefficient (Wildman–Crippen LogP) is 3.16. The minimum absolute atomic E-state index is 0.231. The molecule has 8 nitrogen and oxygen atoms in total. The molecule has 0 bridgehead atoms. The van der Waals surface area contributed by atoms with E-state index in [0.29, 0.717) is 25.1 Å². The lowest BCUT2D eigenvalue weighted by atomic mass is 10.0. The molecule has 2 aliphatic rings. The molecule has 3 amide bonds. The lowest BCUT2D eigenvalue weighted by Crippen LogP contribution is -2.53. The lowest BCUT2D eigenvalue weighted by molar-refractivity contribution is -0.120. The number of rotatable bonds is 7. The Morgan fingerprint density at radius 2 is 1.82 bits per heavy atom.